The summed E-state index contributed by atoms with van der Waals surface area (Å²) >= 11 is 0. The Morgan fingerprint density at radius 2 is 1.31 bits per heavy atom. The van der Waals surface area contributed by atoms with E-state index in [1.807, 2.05) is 0 Å². The quantitative estimate of drug-likeness (QED) is 0.0884. The highest BCUT2D eigenvalue weighted by Crippen LogP contribution is 2.39. The van der Waals surface area contributed by atoms with Gasteiger partial charge >= 0.3 is 11.9 Å². The van der Waals surface area contributed by atoms with Gasteiger partial charge in [0.1, 0.15) is 11.6 Å². The van der Waals surface area contributed by atoms with E-state index in [0.29, 0.717) is 6.42 Å². The molecule has 0 saturated carbocycles. The van der Waals surface area contributed by atoms with Crippen LogP contribution in [0.3, 0.4) is 0 Å². The summed E-state index contributed by atoms with van der Waals surface area (Å²) in [6.45, 7) is 4.71. The first-order valence-corrected chi connectivity index (χ1v) is 16.1. The van der Waals surface area contributed by atoms with Crippen molar-refractivity contribution in [1.29, 1.82) is 0 Å². The molecule has 9 nitrogen and oxygen atoms in total. The minimum absolute atomic E-state index is 0.0170. The van der Waals surface area contributed by atoms with Crippen molar-refractivity contribution in [1.82, 2.24) is 9.13 Å². The van der Waals surface area contributed by atoms with Crippen molar-refractivity contribution in [3.63, 3.8) is 0 Å². The second kappa shape index (κ2) is 13.8. The number of halogens is 4. The highest BCUT2D eigenvalue weighted by Gasteiger charge is 2.32. The van der Waals surface area contributed by atoms with Gasteiger partial charge in [0.25, 0.3) is 11.8 Å². The van der Waals surface area contributed by atoms with Crippen LogP contribution in [-0.4, -0.2) is 43.1 Å². The number of ether oxygens (including phenoxy) is 1. The number of carbonyl (C=O) groups is 4. The lowest BCUT2D eigenvalue weighted by molar-refractivity contribution is -0.137. The maximum atomic E-state index is 15.9. The van der Waals surface area contributed by atoms with Gasteiger partial charge in [0.2, 0.25) is 0 Å². The summed E-state index contributed by atoms with van der Waals surface area (Å²) in [5.74, 6) is -9.79. The predicted octanol–water partition coefficient (Wildman–Crippen LogP) is 7.97. The Bertz CT molecular complexity index is 2470. The zero-order chi connectivity index (χ0) is 37.6. The van der Waals surface area contributed by atoms with Crippen molar-refractivity contribution in [3.8, 4) is 11.5 Å². The number of aromatic hydroxyl groups is 1. The fourth-order valence-corrected chi connectivity index (χ4v) is 6.69. The number of rotatable bonds is 9. The molecule has 6 rings (SSSR count). The second-order valence-electron chi connectivity index (χ2n) is 12.3. The number of carbonyl (C=O) groups excluding carboxylic acids is 3. The third kappa shape index (κ3) is 6.29. The fourth-order valence-electron chi connectivity index (χ4n) is 6.69. The number of fused-ring (bicyclic) bond motifs is 2. The van der Waals surface area contributed by atoms with Crippen LogP contribution in [0.2, 0.25) is 0 Å². The SMILES string of the molecule is CCCC(C(=O)Oc1cc2c(CC(=O)O)c(C)n(C(=O)c3cccc(F)c3)c2cc1F)c1c(C)n(C(=O)c2cccc(F)c2)c2cc(F)c(O)cc12. The molecule has 0 radical (unpaired) electrons. The third-order valence-corrected chi connectivity index (χ3v) is 9.01. The van der Waals surface area contributed by atoms with Crippen molar-refractivity contribution in [2.24, 2.45) is 0 Å². The van der Waals surface area contributed by atoms with Crippen LogP contribution in [0.15, 0.2) is 72.8 Å². The number of aliphatic carboxylic acids is 1. The van der Waals surface area contributed by atoms with E-state index in [9.17, 15) is 42.6 Å². The highest BCUT2D eigenvalue weighted by atomic mass is 19.1. The average Bonchev–Trinajstić information content (AvgIpc) is 3.50. The molecule has 2 N–H and O–H groups in total. The number of nitrogens with zero attached hydrogens (tertiary/aromatic N) is 2. The Morgan fingerprint density at radius 3 is 1.87 bits per heavy atom. The van der Waals surface area contributed by atoms with Gasteiger partial charge in [-0.1, -0.05) is 25.5 Å². The van der Waals surface area contributed by atoms with Crippen molar-refractivity contribution in [3.05, 3.63) is 130 Å². The van der Waals surface area contributed by atoms with E-state index in [4.69, 9.17) is 4.74 Å². The maximum absolute atomic E-state index is 15.9. The molecule has 2 heterocycles. The molecule has 1 unspecified atom stereocenters. The molecule has 4 aromatic carbocycles. The first-order valence-electron chi connectivity index (χ1n) is 16.1. The standard InChI is InChI=1S/C39H30F4N2O7/c1-4-7-25(36-20(3)45(32-17-29(42)33(46)14-28(32)36)38(50)22-9-6-11-24(41)13-22)39(51)52-34-15-27-26(16-35(47)48)19(2)44(31(27)18-30(34)43)37(49)21-8-5-10-23(40)12-21/h5-6,8-15,17-18,25,46H,4,7,16H2,1-3H3,(H,47,48). The van der Waals surface area contributed by atoms with Gasteiger partial charge in [-0.3, -0.25) is 28.3 Å². The topological polar surface area (TPSA) is 128 Å². The zero-order valence-electron chi connectivity index (χ0n) is 28.0. The van der Waals surface area contributed by atoms with Crippen LogP contribution in [0.5, 0.6) is 11.5 Å². The minimum atomic E-state index is -1.26. The summed E-state index contributed by atoms with van der Waals surface area (Å²) < 4.78 is 66.5. The lowest BCUT2D eigenvalue weighted by Gasteiger charge is -2.17. The molecular weight excluding hydrogens is 684 g/mol. The molecule has 6 aromatic rings. The van der Waals surface area contributed by atoms with E-state index < -0.39 is 70.9 Å². The van der Waals surface area contributed by atoms with Gasteiger partial charge in [0.15, 0.2) is 23.1 Å². The summed E-state index contributed by atoms with van der Waals surface area (Å²) in [5.41, 5.74) is 0.412. The van der Waals surface area contributed by atoms with E-state index in [1.54, 1.807) is 6.92 Å². The summed E-state index contributed by atoms with van der Waals surface area (Å²) in [7, 11) is 0. The number of phenols is 1. The van der Waals surface area contributed by atoms with Crippen LogP contribution < -0.4 is 4.74 Å². The van der Waals surface area contributed by atoms with Crippen molar-refractivity contribution >= 4 is 45.6 Å². The van der Waals surface area contributed by atoms with Gasteiger partial charge in [0, 0.05) is 45.4 Å². The first-order chi connectivity index (χ1) is 24.7. The highest BCUT2D eigenvalue weighted by molar-refractivity contribution is 6.06. The summed E-state index contributed by atoms with van der Waals surface area (Å²) in [5, 5.41) is 20.2. The number of carboxylic acids is 1. The molecule has 0 bridgehead atoms. The Hall–Kier alpha value is -6.24. The smallest absolute Gasteiger partial charge is 0.318 e. The number of aromatic nitrogens is 2. The molecule has 0 spiro atoms. The molecule has 52 heavy (non-hydrogen) atoms. The van der Waals surface area contributed by atoms with Crippen molar-refractivity contribution < 1.29 is 51.7 Å². The van der Waals surface area contributed by atoms with Gasteiger partial charge in [0.05, 0.1) is 23.4 Å². The second-order valence-corrected chi connectivity index (χ2v) is 12.3. The van der Waals surface area contributed by atoms with Crippen LogP contribution in [-0.2, 0) is 16.0 Å². The van der Waals surface area contributed by atoms with Crippen LogP contribution in [0, 0.1) is 37.1 Å². The Morgan fingerprint density at radius 1 is 0.750 bits per heavy atom. The number of benzene rings is 4. The summed E-state index contributed by atoms with van der Waals surface area (Å²) in [4.78, 5) is 53.1. The first kappa shape index (κ1) is 35.6. The van der Waals surface area contributed by atoms with E-state index in [2.05, 4.69) is 0 Å². The molecule has 0 aliphatic rings. The average molecular weight is 715 g/mol. The van der Waals surface area contributed by atoms with Gasteiger partial charge in [-0.15, -0.1) is 0 Å². The molecule has 266 valence electrons. The number of esters is 1. The van der Waals surface area contributed by atoms with E-state index in [0.717, 1.165) is 57.7 Å². The normalized spacial score (nSPS) is 12.0. The lowest BCUT2D eigenvalue weighted by atomic mass is 9.92. The molecule has 0 aliphatic heterocycles. The summed E-state index contributed by atoms with van der Waals surface area (Å²) in [6.07, 6.45) is -0.108. The monoisotopic (exact) mass is 714 g/mol. The number of hydrogen-bond donors (Lipinski definition) is 2. The number of carboxylic acid groups (broad SMARTS) is 1. The van der Waals surface area contributed by atoms with Gasteiger partial charge < -0.3 is 14.9 Å². The van der Waals surface area contributed by atoms with Crippen LogP contribution in [0.1, 0.15) is 68.9 Å². The molecule has 2 aromatic heterocycles. The van der Waals surface area contributed by atoms with Crippen LogP contribution in [0.4, 0.5) is 17.6 Å². The Balaban J connectivity index is 1.47. The predicted molar refractivity (Wildman–Crippen MR) is 182 cm³/mol. The molecule has 0 fully saturated rings. The minimum Gasteiger partial charge on any atom is -0.505 e. The van der Waals surface area contributed by atoms with Gasteiger partial charge in [-0.2, -0.15) is 0 Å². The molecule has 1 atom stereocenters. The fraction of sp³-hybridized carbons (Fsp3) is 0.179. The largest absolute Gasteiger partial charge is 0.505 e. The zero-order valence-corrected chi connectivity index (χ0v) is 28.0. The van der Waals surface area contributed by atoms with E-state index in [-0.39, 0.29) is 61.9 Å². The molecule has 13 heteroatoms. The van der Waals surface area contributed by atoms with E-state index >= 15 is 4.39 Å². The van der Waals surface area contributed by atoms with Gasteiger partial charge in [-0.25, -0.2) is 17.6 Å². The molecule has 0 aliphatic carbocycles. The van der Waals surface area contributed by atoms with Crippen LogP contribution in [0.25, 0.3) is 21.8 Å². The van der Waals surface area contributed by atoms with Crippen molar-refractivity contribution in [2.75, 3.05) is 0 Å². The Kier molecular flexibility index (Phi) is 9.45. The molecule has 0 amide bonds. The van der Waals surface area contributed by atoms with Crippen molar-refractivity contribution in [2.45, 2.75) is 46.0 Å². The lowest BCUT2D eigenvalue weighted by Crippen LogP contribution is -2.21. The van der Waals surface area contributed by atoms with Gasteiger partial charge in [-0.05, 0) is 79.9 Å². The number of phenolic OH excluding ortho intramolecular Hbond substituents is 1. The summed E-state index contributed by atoms with van der Waals surface area (Å²) in [6, 6.07) is 13.6. The molecular formula is C39H30F4N2O7. The maximum Gasteiger partial charge on any atom is 0.318 e. The Labute approximate surface area is 293 Å². The number of hydrogen-bond acceptors (Lipinski definition) is 6. The van der Waals surface area contributed by atoms with Crippen LogP contribution >= 0.6 is 0 Å². The molecule has 0 saturated heterocycles. The van der Waals surface area contributed by atoms with E-state index in [1.165, 1.54) is 38.1 Å². The third-order valence-electron chi connectivity index (χ3n) is 9.01.